The third kappa shape index (κ3) is 4.23. The van der Waals surface area contributed by atoms with Crippen molar-refractivity contribution in [2.24, 2.45) is 5.73 Å². The molecule has 0 aliphatic carbocycles. The summed E-state index contributed by atoms with van der Waals surface area (Å²) in [5, 5.41) is 9.69. The van der Waals surface area contributed by atoms with E-state index in [2.05, 4.69) is 27.6 Å². The van der Waals surface area contributed by atoms with E-state index in [1.165, 1.54) is 5.56 Å². The summed E-state index contributed by atoms with van der Waals surface area (Å²) in [4.78, 5) is 13.8. The predicted molar refractivity (Wildman–Crippen MR) is 127 cm³/mol. The molecule has 1 aromatic carbocycles. The molecular formula is C24H22N6OS. The van der Waals surface area contributed by atoms with Gasteiger partial charge in [0, 0.05) is 47.6 Å². The predicted octanol–water partition coefficient (Wildman–Crippen LogP) is 4.70. The molecule has 32 heavy (non-hydrogen) atoms. The van der Waals surface area contributed by atoms with Crippen LogP contribution in [0.25, 0.3) is 32.9 Å². The third-order valence-electron chi connectivity index (χ3n) is 5.13. The maximum Gasteiger partial charge on any atom is 0.162 e. The van der Waals surface area contributed by atoms with Gasteiger partial charge in [-0.1, -0.05) is 35.5 Å². The molecule has 4 aromatic heterocycles. The first-order chi connectivity index (χ1) is 15.7. The summed E-state index contributed by atoms with van der Waals surface area (Å²) in [6.45, 7) is 2.47. The van der Waals surface area contributed by atoms with Crippen LogP contribution in [0.2, 0.25) is 0 Å². The molecule has 160 valence electrons. The Morgan fingerprint density at radius 2 is 1.91 bits per heavy atom. The number of benzene rings is 1. The molecule has 0 spiro atoms. The minimum absolute atomic E-state index is 0.0515. The summed E-state index contributed by atoms with van der Waals surface area (Å²) in [5.74, 6) is 2.15. The first-order valence-electron chi connectivity index (χ1n) is 10.3. The fraction of sp³-hybridized carbons (Fsp3) is 0.167. The summed E-state index contributed by atoms with van der Waals surface area (Å²) in [6.07, 6.45) is 4.26. The first kappa shape index (κ1) is 20.3. The van der Waals surface area contributed by atoms with E-state index in [1.807, 2.05) is 48.7 Å². The van der Waals surface area contributed by atoms with Gasteiger partial charge in [0.2, 0.25) is 0 Å². The molecule has 4 heterocycles. The van der Waals surface area contributed by atoms with Crippen LogP contribution in [0.1, 0.15) is 11.3 Å². The average Bonchev–Trinajstić information content (AvgIpc) is 3.44. The lowest BCUT2D eigenvalue weighted by molar-refractivity contribution is 0.400. The Bertz CT molecular complexity index is 1330. The Labute approximate surface area is 189 Å². The van der Waals surface area contributed by atoms with E-state index in [1.54, 1.807) is 23.7 Å². The summed E-state index contributed by atoms with van der Waals surface area (Å²) >= 11 is 1.58. The third-order valence-corrected chi connectivity index (χ3v) is 6.11. The molecule has 0 bridgehead atoms. The highest BCUT2D eigenvalue weighted by atomic mass is 32.1. The van der Waals surface area contributed by atoms with Gasteiger partial charge in [0.05, 0.1) is 10.2 Å². The number of anilines is 1. The minimum Gasteiger partial charge on any atom is -0.367 e. The fourth-order valence-corrected chi connectivity index (χ4v) is 4.52. The molecule has 5 aromatic rings. The number of aryl methyl sites for hydroxylation is 1. The van der Waals surface area contributed by atoms with Crippen LogP contribution >= 0.6 is 11.3 Å². The zero-order chi connectivity index (χ0) is 21.9. The number of nitrogens with two attached hydrogens (primary N) is 1. The van der Waals surface area contributed by atoms with Crippen LogP contribution in [0.3, 0.4) is 0 Å². The van der Waals surface area contributed by atoms with Crippen LogP contribution in [-0.2, 0) is 6.42 Å². The number of pyridine rings is 1. The molecule has 3 N–H and O–H groups in total. The highest BCUT2D eigenvalue weighted by Crippen LogP contribution is 2.37. The monoisotopic (exact) mass is 442 g/mol. The van der Waals surface area contributed by atoms with Crippen molar-refractivity contribution in [1.82, 2.24) is 20.1 Å². The van der Waals surface area contributed by atoms with Gasteiger partial charge in [-0.05, 0) is 31.0 Å². The van der Waals surface area contributed by atoms with Crippen molar-refractivity contribution in [3.63, 3.8) is 0 Å². The maximum atomic E-state index is 6.41. The largest absolute Gasteiger partial charge is 0.367 e. The van der Waals surface area contributed by atoms with Crippen LogP contribution < -0.4 is 11.1 Å². The summed E-state index contributed by atoms with van der Waals surface area (Å²) < 4.78 is 6.25. The molecule has 5 rings (SSSR count). The SMILES string of the molecule is Cc1cc(-c2csc3c(NC[C@@H](N)Cc4ccccc4)nc(-c4ccncc4)nc23)no1. The van der Waals surface area contributed by atoms with Crippen LogP contribution in [0.4, 0.5) is 5.82 Å². The smallest absolute Gasteiger partial charge is 0.162 e. The second kappa shape index (κ2) is 8.86. The van der Waals surface area contributed by atoms with Gasteiger partial charge in [-0.15, -0.1) is 11.3 Å². The number of thiophene rings is 1. The molecule has 0 aliphatic rings. The second-order valence-electron chi connectivity index (χ2n) is 7.61. The van der Waals surface area contributed by atoms with Crippen LogP contribution in [-0.4, -0.2) is 32.7 Å². The van der Waals surface area contributed by atoms with E-state index in [4.69, 9.17) is 20.2 Å². The number of fused-ring (bicyclic) bond motifs is 1. The number of hydrogen-bond donors (Lipinski definition) is 2. The van der Waals surface area contributed by atoms with E-state index in [0.717, 1.165) is 45.0 Å². The van der Waals surface area contributed by atoms with E-state index < -0.39 is 0 Å². The highest BCUT2D eigenvalue weighted by Gasteiger charge is 2.18. The number of aromatic nitrogens is 4. The van der Waals surface area contributed by atoms with Gasteiger partial charge >= 0.3 is 0 Å². The zero-order valence-corrected chi connectivity index (χ0v) is 18.3. The molecule has 0 amide bonds. The van der Waals surface area contributed by atoms with Crippen molar-refractivity contribution < 1.29 is 4.52 Å². The number of nitrogens with one attached hydrogen (secondary N) is 1. The van der Waals surface area contributed by atoms with Gasteiger partial charge in [-0.3, -0.25) is 4.98 Å². The Kier molecular flexibility index (Phi) is 5.62. The molecule has 0 radical (unpaired) electrons. The van der Waals surface area contributed by atoms with E-state index in [-0.39, 0.29) is 6.04 Å². The van der Waals surface area contributed by atoms with Crippen molar-refractivity contribution in [3.8, 4) is 22.6 Å². The van der Waals surface area contributed by atoms with E-state index >= 15 is 0 Å². The quantitative estimate of drug-likeness (QED) is 0.377. The van der Waals surface area contributed by atoms with Gasteiger partial charge in [0.15, 0.2) is 5.82 Å². The van der Waals surface area contributed by atoms with Crippen LogP contribution in [0.5, 0.6) is 0 Å². The summed E-state index contributed by atoms with van der Waals surface area (Å²) in [7, 11) is 0. The van der Waals surface area contributed by atoms with Crippen molar-refractivity contribution in [1.29, 1.82) is 0 Å². The van der Waals surface area contributed by atoms with E-state index in [9.17, 15) is 0 Å². The Hall–Kier alpha value is -3.62. The van der Waals surface area contributed by atoms with Gasteiger partial charge in [-0.25, -0.2) is 9.97 Å². The molecular weight excluding hydrogens is 420 g/mol. The second-order valence-corrected chi connectivity index (χ2v) is 8.49. The van der Waals surface area contributed by atoms with Gasteiger partial charge in [0.1, 0.15) is 17.3 Å². The number of nitrogens with zero attached hydrogens (tertiary/aromatic N) is 4. The molecule has 1 atom stereocenters. The Morgan fingerprint density at radius 3 is 2.66 bits per heavy atom. The summed E-state index contributed by atoms with van der Waals surface area (Å²) in [6, 6.07) is 15.9. The van der Waals surface area contributed by atoms with Gasteiger partial charge in [-0.2, -0.15) is 0 Å². The lowest BCUT2D eigenvalue weighted by atomic mass is 10.1. The van der Waals surface area contributed by atoms with Crippen molar-refractivity contribution in [3.05, 3.63) is 77.6 Å². The van der Waals surface area contributed by atoms with E-state index in [0.29, 0.717) is 12.4 Å². The molecule has 0 unspecified atom stereocenters. The molecule has 0 saturated carbocycles. The zero-order valence-electron chi connectivity index (χ0n) is 17.5. The molecule has 7 nitrogen and oxygen atoms in total. The normalized spacial score (nSPS) is 12.2. The molecule has 0 fully saturated rings. The fourth-order valence-electron chi connectivity index (χ4n) is 3.56. The first-order valence-corrected chi connectivity index (χ1v) is 11.2. The standard InChI is InChI=1S/C24H22N6OS/c1-15-11-20(30-31-15)19-14-32-22-21(19)28-23(17-7-9-26-10-8-17)29-24(22)27-13-18(25)12-16-5-3-2-4-6-16/h2-11,14,18H,12-13,25H2,1H3,(H,27,28,29)/t18-/m0/s1. The average molecular weight is 443 g/mol. The van der Waals surface area contributed by atoms with Crippen LogP contribution in [0, 0.1) is 6.92 Å². The highest BCUT2D eigenvalue weighted by molar-refractivity contribution is 7.18. The lowest BCUT2D eigenvalue weighted by Crippen LogP contribution is -2.31. The minimum atomic E-state index is -0.0515. The molecule has 8 heteroatoms. The van der Waals surface area contributed by atoms with Gasteiger partial charge < -0.3 is 15.6 Å². The Morgan fingerprint density at radius 1 is 1.09 bits per heavy atom. The van der Waals surface area contributed by atoms with Crippen LogP contribution in [0.15, 0.2) is 70.8 Å². The van der Waals surface area contributed by atoms with Crippen molar-refractivity contribution in [2.45, 2.75) is 19.4 Å². The van der Waals surface area contributed by atoms with Crippen molar-refractivity contribution in [2.75, 3.05) is 11.9 Å². The Balaban J connectivity index is 1.50. The number of rotatable bonds is 7. The molecule has 0 saturated heterocycles. The molecule has 0 aliphatic heterocycles. The lowest BCUT2D eigenvalue weighted by Gasteiger charge is -2.14. The summed E-state index contributed by atoms with van der Waals surface area (Å²) in [5.41, 5.74) is 11.1. The maximum absolute atomic E-state index is 6.41. The number of hydrogen-bond acceptors (Lipinski definition) is 8. The van der Waals surface area contributed by atoms with Gasteiger partial charge in [0.25, 0.3) is 0 Å². The topological polar surface area (TPSA) is 103 Å². The van der Waals surface area contributed by atoms with Crippen molar-refractivity contribution >= 4 is 27.4 Å².